The molecule has 3 aromatic carbocycles. The van der Waals surface area contributed by atoms with Crippen molar-refractivity contribution < 1.29 is 14.2 Å². The first kappa shape index (κ1) is 23.4. The quantitative estimate of drug-likeness (QED) is 0.248. The van der Waals surface area contributed by atoms with Crippen LogP contribution in [0.2, 0.25) is 0 Å². The van der Waals surface area contributed by atoms with Gasteiger partial charge >= 0.3 is 0 Å². The normalized spacial score (nSPS) is 11.3. The molecule has 4 aromatic rings. The number of nitrogens with zero attached hydrogens (tertiary/aromatic N) is 2. The number of rotatable bonds is 10. The number of allylic oxidation sites excluding steroid dienone is 1. The average Bonchev–Trinajstić information content (AvgIpc) is 3.20. The molecule has 1 aromatic heterocycles. The lowest BCUT2D eigenvalue weighted by Crippen LogP contribution is -2.10. The van der Waals surface area contributed by atoms with Gasteiger partial charge in [0.1, 0.15) is 18.2 Å². The van der Waals surface area contributed by atoms with Gasteiger partial charge in [0.25, 0.3) is 0 Å². The Morgan fingerprint density at radius 3 is 2.59 bits per heavy atom. The maximum Gasteiger partial charge on any atom is 0.161 e. The Labute approximate surface area is 201 Å². The summed E-state index contributed by atoms with van der Waals surface area (Å²) in [6.07, 6.45) is 4.88. The van der Waals surface area contributed by atoms with E-state index < -0.39 is 0 Å². The molecule has 0 saturated heterocycles. The number of hydrogen-bond donors (Lipinski definition) is 0. The van der Waals surface area contributed by atoms with Crippen molar-refractivity contribution in [3.63, 3.8) is 0 Å². The highest BCUT2D eigenvalue weighted by Gasteiger charge is 2.12. The van der Waals surface area contributed by atoms with Crippen LogP contribution in [0.3, 0.4) is 0 Å². The lowest BCUT2D eigenvalue weighted by molar-refractivity contribution is 0.272. The van der Waals surface area contributed by atoms with Crippen LogP contribution in [0.15, 0.2) is 66.7 Å². The molecule has 34 heavy (non-hydrogen) atoms. The van der Waals surface area contributed by atoms with E-state index >= 15 is 0 Å². The molecule has 4 rings (SSSR count). The van der Waals surface area contributed by atoms with Gasteiger partial charge in [-0.3, -0.25) is 0 Å². The van der Waals surface area contributed by atoms with E-state index in [1.807, 2.05) is 55.5 Å². The minimum Gasteiger partial charge on any atom is -0.493 e. The van der Waals surface area contributed by atoms with Gasteiger partial charge in [0.05, 0.1) is 24.8 Å². The van der Waals surface area contributed by atoms with Crippen molar-refractivity contribution in [1.29, 1.82) is 0 Å². The fourth-order valence-corrected chi connectivity index (χ4v) is 3.99. The van der Waals surface area contributed by atoms with E-state index in [-0.39, 0.29) is 0 Å². The molecule has 0 atom stereocenters. The maximum atomic E-state index is 6.17. The highest BCUT2D eigenvalue weighted by molar-refractivity contribution is 5.75. The monoisotopic (exact) mass is 456 g/mol. The summed E-state index contributed by atoms with van der Waals surface area (Å²) in [4.78, 5) is 4.84. The van der Waals surface area contributed by atoms with Crippen LogP contribution in [0.1, 0.15) is 35.9 Å². The van der Waals surface area contributed by atoms with Crippen molar-refractivity contribution in [1.82, 2.24) is 9.55 Å². The molecule has 176 valence electrons. The Hall–Kier alpha value is -3.73. The number of para-hydroxylation sites is 2. The van der Waals surface area contributed by atoms with Gasteiger partial charge in [-0.2, -0.15) is 0 Å². The van der Waals surface area contributed by atoms with Crippen LogP contribution in [-0.4, -0.2) is 23.3 Å². The van der Waals surface area contributed by atoms with Gasteiger partial charge in [0, 0.05) is 6.54 Å². The molecular weight excluding hydrogens is 424 g/mol. The molecule has 0 N–H and O–H groups in total. The topological polar surface area (TPSA) is 45.5 Å². The lowest BCUT2D eigenvalue weighted by Gasteiger charge is -2.14. The Balaban J connectivity index is 1.45. The van der Waals surface area contributed by atoms with Crippen molar-refractivity contribution in [2.24, 2.45) is 0 Å². The van der Waals surface area contributed by atoms with Gasteiger partial charge in [-0.25, -0.2) is 4.98 Å². The highest BCUT2D eigenvalue weighted by atomic mass is 16.5. The molecule has 0 aliphatic carbocycles. The Morgan fingerprint density at radius 1 is 0.912 bits per heavy atom. The second-order valence-corrected chi connectivity index (χ2v) is 8.34. The second-order valence-electron chi connectivity index (χ2n) is 8.34. The van der Waals surface area contributed by atoms with E-state index in [1.54, 1.807) is 7.11 Å². The third-order valence-corrected chi connectivity index (χ3v) is 5.76. The van der Waals surface area contributed by atoms with Gasteiger partial charge in [-0.15, -0.1) is 0 Å². The molecule has 0 amide bonds. The van der Waals surface area contributed by atoms with Crippen LogP contribution < -0.4 is 14.2 Å². The van der Waals surface area contributed by atoms with Crippen molar-refractivity contribution in [3.8, 4) is 17.2 Å². The summed E-state index contributed by atoms with van der Waals surface area (Å²) in [6.45, 7) is 7.91. The number of imidazole rings is 1. The number of hydrogen-bond acceptors (Lipinski definition) is 4. The minimum atomic E-state index is 0.417. The molecule has 0 fully saturated rings. The van der Waals surface area contributed by atoms with Crippen LogP contribution in [0.5, 0.6) is 17.2 Å². The number of aromatic nitrogens is 2. The standard InChI is InChI=1S/C29H32N2O3/c1-5-9-23-14-15-26(28(19-23)32-4)33-17-8-16-31-25-11-7-6-10-24(25)30-29(31)20-34-27-18-21(2)12-13-22(27)3/h5-7,9-15,18-19H,8,16-17,20H2,1-4H3/b9-5+. The fourth-order valence-electron chi connectivity index (χ4n) is 3.99. The Bertz CT molecular complexity index is 1290. The zero-order chi connectivity index (χ0) is 23.9. The summed E-state index contributed by atoms with van der Waals surface area (Å²) >= 11 is 0. The summed E-state index contributed by atoms with van der Waals surface area (Å²) in [7, 11) is 1.67. The van der Waals surface area contributed by atoms with Crippen LogP contribution in [0.25, 0.3) is 17.1 Å². The van der Waals surface area contributed by atoms with Crippen LogP contribution in [-0.2, 0) is 13.2 Å². The predicted molar refractivity (Wildman–Crippen MR) is 138 cm³/mol. The summed E-state index contributed by atoms with van der Waals surface area (Å²) in [6, 6.07) is 20.4. The van der Waals surface area contributed by atoms with Crippen LogP contribution in [0.4, 0.5) is 0 Å². The second kappa shape index (κ2) is 10.9. The summed E-state index contributed by atoms with van der Waals surface area (Å²) < 4.78 is 20.0. The van der Waals surface area contributed by atoms with E-state index in [0.717, 1.165) is 58.2 Å². The van der Waals surface area contributed by atoms with Crippen molar-refractivity contribution in [2.45, 2.75) is 40.3 Å². The zero-order valence-corrected chi connectivity index (χ0v) is 20.4. The first-order valence-electron chi connectivity index (χ1n) is 11.7. The van der Waals surface area contributed by atoms with Crippen molar-refractivity contribution in [3.05, 3.63) is 89.3 Å². The van der Waals surface area contributed by atoms with E-state index in [2.05, 4.69) is 42.7 Å². The van der Waals surface area contributed by atoms with Gasteiger partial charge < -0.3 is 18.8 Å². The van der Waals surface area contributed by atoms with Crippen molar-refractivity contribution in [2.75, 3.05) is 13.7 Å². The third kappa shape index (κ3) is 5.42. The van der Waals surface area contributed by atoms with Gasteiger partial charge in [0.15, 0.2) is 11.5 Å². The molecule has 5 nitrogen and oxygen atoms in total. The van der Waals surface area contributed by atoms with E-state index in [4.69, 9.17) is 19.2 Å². The molecule has 0 spiro atoms. The van der Waals surface area contributed by atoms with Crippen LogP contribution in [0, 0.1) is 13.8 Å². The first-order chi connectivity index (χ1) is 16.6. The fraction of sp³-hybridized carbons (Fsp3) is 0.276. The molecule has 0 radical (unpaired) electrons. The summed E-state index contributed by atoms with van der Waals surface area (Å²) in [5, 5.41) is 0. The van der Waals surface area contributed by atoms with Crippen molar-refractivity contribution >= 4 is 17.1 Å². The first-order valence-corrected chi connectivity index (χ1v) is 11.7. The van der Waals surface area contributed by atoms with Gasteiger partial charge in [-0.05, 0) is 74.2 Å². The predicted octanol–water partition coefficient (Wildman–Crippen LogP) is 6.74. The number of aryl methyl sites for hydroxylation is 3. The van der Waals surface area contributed by atoms with Crippen LogP contribution >= 0.6 is 0 Å². The summed E-state index contributed by atoms with van der Waals surface area (Å²) in [5.41, 5.74) is 5.47. The third-order valence-electron chi connectivity index (χ3n) is 5.76. The number of benzene rings is 3. The molecular formula is C29H32N2O3. The zero-order valence-electron chi connectivity index (χ0n) is 20.4. The molecule has 1 heterocycles. The Kier molecular flexibility index (Phi) is 7.53. The lowest BCUT2D eigenvalue weighted by atomic mass is 10.1. The smallest absolute Gasteiger partial charge is 0.161 e. The molecule has 0 unspecified atom stereocenters. The molecule has 0 saturated carbocycles. The molecule has 0 aliphatic heterocycles. The van der Waals surface area contributed by atoms with E-state index in [0.29, 0.717) is 13.2 Å². The van der Waals surface area contributed by atoms with Gasteiger partial charge in [-0.1, -0.05) is 42.5 Å². The van der Waals surface area contributed by atoms with E-state index in [1.165, 1.54) is 5.56 Å². The van der Waals surface area contributed by atoms with E-state index in [9.17, 15) is 0 Å². The number of ether oxygens (including phenoxy) is 3. The number of methoxy groups -OCH3 is 1. The summed E-state index contributed by atoms with van der Waals surface area (Å²) in [5.74, 6) is 3.31. The maximum absolute atomic E-state index is 6.17. The Morgan fingerprint density at radius 2 is 1.76 bits per heavy atom. The SMILES string of the molecule is C/C=C/c1ccc(OCCCn2c(COc3cc(C)ccc3C)nc3ccccc32)c(OC)c1. The highest BCUT2D eigenvalue weighted by Crippen LogP contribution is 2.29. The molecule has 5 heteroatoms. The van der Waals surface area contributed by atoms with Gasteiger partial charge in [0.2, 0.25) is 0 Å². The largest absolute Gasteiger partial charge is 0.493 e. The average molecular weight is 457 g/mol. The molecule has 0 bridgehead atoms. The molecule has 0 aliphatic rings. The number of fused-ring (bicyclic) bond motifs is 1. The minimum absolute atomic E-state index is 0.417.